The molecule has 2 saturated heterocycles. The number of aliphatic hydroxyl groups is 1. The van der Waals surface area contributed by atoms with Crippen molar-refractivity contribution < 1.29 is 32.7 Å². The van der Waals surface area contributed by atoms with Gasteiger partial charge in [-0.25, -0.2) is 18.1 Å². The number of H-pyrrole nitrogens is 1. The van der Waals surface area contributed by atoms with Crippen LogP contribution in [0.5, 0.6) is 17.2 Å². The highest BCUT2D eigenvalue weighted by Gasteiger charge is 2.50. The number of anilines is 2. The summed E-state index contributed by atoms with van der Waals surface area (Å²) < 4.78 is 42.2. The van der Waals surface area contributed by atoms with E-state index in [0.29, 0.717) is 48.7 Å². The van der Waals surface area contributed by atoms with E-state index < -0.39 is 37.0 Å². The number of pyridine rings is 1. The zero-order valence-corrected chi connectivity index (χ0v) is 45.5. The third-order valence-electron chi connectivity index (χ3n) is 17.5. The topological polar surface area (TPSA) is 195 Å². The van der Waals surface area contributed by atoms with Crippen molar-refractivity contribution in [3.63, 3.8) is 0 Å². The molecule has 2 aromatic heterocycles. The van der Waals surface area contributed by atoms with Crippen LogP contribution in [0.2, 0.25) is 0 Å². The molecule has 2 aliphatic heterocycles. The van der Waals surface area contributed by atoms with Gasteiger partial charge < -0.3 is 29.8 Å². The molecule has 17 heteroatoms. The van der Waals surface area contributed by atoms with Crippen LogP contribution in [-0.4, -0.2) is 102 Å². The van der Waals surface area contributed by atoms with Gasteiger partial charge in [-0.2, -0.15) is 0 Å². The van der Waals surface area contributed by atoms with Crippen LogP contribution in [0.3, 0.4) is 0 Å². The van der Waals surface area contributed by atoms with Gasteiger partial charge in [0.1, 0.15) is 28.6 Å². The number of aromatic amines is 1. The zero-order valence-electron chi connectivity index (χ0n) is 44.7. The summed E-state index contributed by atoms with van der Waals surface area (Å²) in [5.41, 5.74) is 6.25. The molecule has 5 aliphatic rings. The van der Waals surface area contributed by atoms with Gasteiger partial charge in [-0.15, -0.1) is 0 Å². The maximum absolute atomic E-state index is 14.1. The van der Waals surface area contributed by atoms with E-state index in [9.17, 15) is 28.4 Å². The minimum atomic E-state index is -4.59. The number of hydrogen-bond donors (Lipinski definition) is 4. The molecule has 0 radical (unpaired) electrons. The Hall–Kier alpha value is -6.53. The van der Waals surface area contributed by atoms with Gasteiger partial charge in [0.25, 0.3) is 21.6 Å². The fraction of sp³-hybridized carbons (Fsp3) is 0.467. The first kappa shape index (κ1) is 52.5. The lowest BCUT2D eigenvalue weighted by atomic mass is 9.59. The van der Waals surface area contributed by atoms with E-state index in [4.69, 9.17) is 9.47 Å². The molecular formula is C60H72N8O8S. The molecular weight excluding hydrogens is 993 g/mol. The Morgan fingerprint density at radius 1 is 0.909 bits per heavy atom. The minimum absolute atomic E-state index is 0.0269. The summed E-state index contributed by atoms with van der Waals surface area (Å²) in [7, 11) is -2.80. The number of nitro benzene ring substituents is 1. The minimum Gasteiger partial charge on any atom is -0.496 e. The number of nitrogens with zero attached hydrogens (tertiary/aromatic N) is 5. The lowest BCUT2D eigenvalue weighted by Gasteiger charge is -2.58. The van der Waals surface area contributed by atoms with Gasteiger partial charge >= 0.3 is 0 Å². The second-order valence-electron chi connectivity index (χ2n) is 23.2. The Balaban J connectivity index is 0.776. The second kappa shape index (κ2) is 21.4. The number of carbonyl (C=O) groups excluding carboxylic acids is 1. The van der Waals surface area contributed by atoms with Crippen LogP contribution < -0.4 is 24.4 Å². The third kappa shape index (κ3) is 11.4. The predicted octanol–water partition coefficient (Wildman–Crippen LogP) is 11.1. The maximum atomic E-state index is 14.1. The smallest absolute Gasteiger partial charge is 0.293 e. The molecule has 1 unspecified atom stereocenters. The van der Waals surface area contributed by atoms with Gasteiger partial charge in [-0.05, 0) is 159 Å². The van der Waals surface area contributed by atoms with E-state index >= 15 is 0 Å². The lowest BCUT2D eigenvalue weighted by molar-refractivity contribution is -0.384. The number of sulfonamides is 1. The average molecular weight is 1070 g/mol. The number of aromatic nitrogens is 2. The van der Waals surface area contributed by atoms with Gasteiger partial charge in [0.2, 0.25) is 0 Å². The van der Waals surface area contributed by atoms with E-state index in [2.05, 4.69) is 91.0 Å². The van der Waals surface area contributed by atoms with Crippen molar-refractivity contribution in [3.8, 4) is 17.2 Å². The summed E-state index contributed by atoms with van der Waals surface area (Å²) >= 11 is 0. The van der Waals surface area contributed by atoms with Gasteiger partial charge in [0.15, 0.2) is 0 Å². The predicted molar refractivity (Wildman–Crippen MR) is 299 cm³/mol. The van der Waals surface area contributed by atoms with E-state index in [0.717, 1.165) is 101 Å². The molecule has 6 aromatic rings. The van der Waals surface area contributed by atoms with Gasteiger partial charge in [-0.3, -0.25) is 24.7 Å². The summed E-state index contributed by atoms with van der Waals surface area (Å²) in [5.74, 6) is 1.83. The first-order valence-electron chi connectivity index (χ1n) is 27.6. The number of nitrogens with one attached hydrogen (secondary N) is 3. The number of fused-ring (bicyclic) bond motifs is 1. The molecule has 4 N–H and O–H groups in total. The van der Waals surface area contributed by atoms with Crippen LogP contribution in [0.15, 0.2) is 108 Å². The number of rotatable bonds is 17. The van der Waals surface area contributed by atoms with Crippen LogP contribution in [0.4, 0.5) is 17.1 Å². The number of piperazine rings is 1. The molecule has 1 amide bonds. The van der Waals surface area contributed by atoms with Crippen molar-refractivity contribution in [2.24, 2.45) is 11.3 Å². The van der Waals surface area contributed by atoms with Gasteiger partial charge in [-0.1, -0.05) is 50.2 Å². The highest BCUT2D eigenvalue weighted by molar-refractivity contribution is 7.90. The number of hydrogen-bond acceptors (Lipinski definition) is 13. The molecule has 406 valence electrons. The normalized spacial score (nSPS) is 22.2. The SMILES string of the molecule is COc1cc(CN2CCN(C3CC4(CCN(c5ccc(C(=O)NS(=O)(=O)c6ccc(NC[C@H]7CC[C@](C)(O)CC7)c([N+](=O)[O-])c6)c(Oc6cnc7[nH]ccc7c6)c5)CC4)C3)C(c3ccccc3C(C)C)C2)ccc1C1CC1. The number of methoxy groups -OCH3 is 1. The van der Waals surface area contributed by atoms with E-state index in [1.165, 1.54) is 47.2 Å². The zero-order chi connectivity index (χ0) is 53.6. The second-order valence-corrected chi connectivity index (χ2v) is 24.9. The summed E-state index contributed by atoms with van der Waals surface area (Å²) in [5, 5.41) is 26.5. The maximum Gasteiger partial charge on any atom is 0.293 e. The van der Waals surface area contributed by atoms with Gasteiger partial charge in [0, 0.05) is 87.3 Å². The molecule has 1 atom stereocenters. The van der Waals surface area contributed by atoms with Crippen molar-refractivity contribution in [2.45, 2.75) is 126 Å². The highest BCUT2D eigenvalue weighted by atomic mass is 32.2. The molecule has 4 aromatic carbocycles. The molecule has 1 spiro atoms. The van der Waals surface area contributed by atoms with Crippen LogP contribution in [0, 0.1) is 21.4 Å². The Morgan fingerprint density at radius 3 is 2.43 bits per heavy atom. The molecule has 3 saturated carbocycles. The Bertz CT molecular complexity index is 3260. The molecule has 5 fully saturated rings. The summed E-state index contributed by atoms with van der Waals surface area (Å²) in [6, 6.07) is 29.1. The molecule has 0 bridgehead atoms. The molecule has 77 heavy (non-hydrogen) atoms. The number of amides is 1. The molecule has 3 aliphatic carbocycles. The number of benzene rings is 4. The summed E-state index contributed by atoms with van der Waals surface area (Å²) in [6.45, 7) is 12.3. The Morgan fingerprint density at radius 2 is 1.69 bits per heavy atom. The molecule has 4 heterocycles. The van der Waals surface area contributed by atoms with Crippen LogP contribution in [-0.2, 0) is 16.6 Å². The number of piperidine rings is 1. The molecule has 11 rings (SSSR count). The summed E-state index contributed by atoms with van der Waals surface area (Å²) in [4.78, 5) is 40.7. The Kier molecular flexibility index (Phi) is 14.6. The standard InChI is InChI=1S/C60H72N8O8S/c1-39(2)48-7-5-6-8-50(48)54-38-65(37-41-9-14-49(42-10-11-42)55(29-41)75-4)27-28-67(54)45-33-60(34-45)22-25-66(26-23-60)44-12-15-51(56(31-44)76-46-30-43-19-24-61-57(43)63-36-46)58(69)64-77(73,74)47-13-16-52(53(32-47)68(71)72)62-35-40-17-20-59(3,70)21-18-40/h5-9,12-16,19,24,29-32,36,39-40,42,45,54,62,70H,10-11,17-18,20-23,25-28,33-35,37-38H2,1-4H3,(H,61,63)(H,64,69)/t40-,54?,59-. The van der Waals surface area contributed by atoms with Gasteiger partial charge in [0.05, 0.1) is 34.3 Å². The number of nitro groups is 1. The van der Waals surface area contributed by atoms with E-state index in [1.54, 1.807) is 37.7 Å². The van der Waals surface area contributed by atoms with Crippen molar-refractivity contribution >= 4 is 44.0 Å². The van der Waals surface area contributed by atoms with Crippen LogP contribution in [0.25, 0.3) is 11.0 Å². The highest BCUT2D eigenvalue weighted by Crippen LogP contribution is 2.54. The fourth-order valence-electron chi connectivity index (χ4n) is 12.8. The number of carbonyl (C=O) groups is 1. The average Bonchev–Trinajstić information content (AvgIpc) is 4.15. The van der Waals surface area contributed by atoms with Crippen LogP contribution >= 0.6 is 0 Å². The van der Waals surface area contributed by atoms with Crippen molar-refractivity contribution in [3.05, 3.63) is 141 Å². The Labute approximate surface area is 451 Å². The fourth-order valence-corrected chi connectivity index (χ4v) is 13.8. The largest absolute Gasteiger partial charge is 0.496 e. The first-order chi connectivity index (χ1) is 37.0. The quantitative estimate of drug-likeness (QED) is 0.0498. The van der Waals surface area contributed by atoms with Crippen molar-refractivity contribution in [1.82, 2.24) is 24.5 Å². The number of ether oxygens (including phenoxy) is 2. The molecule has 16 nitrogen and oxygen atoms in total. The first-order valence-corrected chi connectivity index (χ1v) is 29.1. The van der Waals surface area contributed by atoms with Crippen molar-refractivity contribution in [2.75, 3.05) is 56.6 Å². The third-order valence-corrected chi connectivity index (χ3v) is 18.8. The lowest BCUT2D eigenvalue weighted by Crippen LogP contribution is -2.60. The van der Waals surface area contributed by atoms with Crippen LogP contribution in [0.1, 0.15) is 135 Å². The summed E-state index contributed by atoms with van der Waals surface area (Å²) in [6.07, 6.45) is 12.9. The van der Waals surface area contributed by atoms with Crippen molar-refractivity contribution in [1.29, 1.82) is 0 Å². The van der Waals surface area contributed by atoms with E-state index in [-0.39, 0.29) is 34.4 Å². The monoisotopic (exact) mass is 1060 g/mol. The van der Waals surface area contributed by atoms with E-state index in [1.807, 2.05) is 19.1 Å².